The van der Waals surface area contributed by atoms with Gasteiger partial charge in [0.15, 0.2) is 0 Å². The molecule has 2 unspecified atom stereocenters. The lowest BCUT2D eigenvalue weighted by Crippen LogP contribution is -2.44. The summed E-state index contributed by atoms with van der Waals surface area (Å²) in [6, 6.07) is 13.4. The number of aromatic nitrogens is 1. The second-order valence-electron chi connectivity index (χ2n) is 8.67. The van der Waals surface area contributed by atoms with Gasteiger partial charge in [0, 0.05) is 35.9 Å². The van der Waals surface area contributed by atoms with Gasteiger partial charge in [-0.05, 0) is 75.2 Å². The summed E-state index contributed by atoms with van der Waals surface area (Å²) in [5, 5.41) is 3.41. The Morgan fingerprint density at radius 3 is 2.87 bits per heavy atom. The van der Waals surface area contributed by atoms with Crippen LogP contribution in [-0.4, -0.2) is 48.5 Å². The van der Waals surface area contributed by atoms with Gasteiger partial charge < -0.3 is 20.1 Å². The number of H-pyrrole nitrogens is 1. The number of benzene rings is 2. The molecule has 156 valence electrons. The molecule has 30 heavy (non-hydrogen) atoms. The van der Waals surface area contributed by atoms with E-state index < -0.39 is 0 Å². The standard InChI is InChI=1S/C24H27FN4O/c1-15-6-7-20(25)19-13-21(27-23(15)19)24(30)26-17-4-3-5-18(12-17)29-11-9-22-16(14-29)8-10-28(22)2/h3-7,12-13,16,22,27H,8-11,14H2,1-2H3,(H,26,30). The molecule has 2 saturated heterocycles. The van der Waals surface area contributed by atoms with Crippen molar-refractivity contribution in [1.82, 2.24) is 9.88 Å². The number of fused-ring (bicyclic) bond motifs is 2. The van der Waals surface area contributed by atoms with E-state index in [9.17, 15) is 9.18 Å². The van der Waals surface area contributed by atoms with E-state index in [4.69, 9.17) is 0 Å². The summed E-state index contributed by atoms with van der Waals surface area (Å²) in [4.78, 5) is 20.8. The van der Waals surface area contributed by atoms with E-state index in [1.807, 2.05) is 25.1 Å². The van der Waals surface area contributed by atoms with Crippen molar-refractivity contribution in [2.75, 3.05) is 36.9 Å². The van der Waals surface area contributed by atoms with Gasteiger partial charge in [0.25, 0.3) is 5.91 Å². The van der Waals surface area contributed by atoms with E-state index >= 15 is 0 Å². The van der Waals surface area contributed by atoms with E-state index in [2.05, 4.69) is 33.2 Å². The van der Waals surface area contributed by atoms with Crippen LogP contribution in [0.4, 0.5) is 15.8 Å². The normalized spacial score (nSPS) is 21.8. The number of piperidine rings is 1. The SMILES string of the molecule is Cc1ccc(F)c2cc(C(=O)Nc3cccc(N4CCC5C(CCN5C)C4)c3)[nH]c12. The van der Waals surface area contributed by atoms with Gasteiger partial charge in [0.05, 0.1) is 5.52 Å². The van der Waals surface area contributed by atoms with Gasteiger partial charge in [0.2, 0.25) is 0 Å². The van der Waals surface area contributed by atoms with Crippen LogP contribution in [0.1, 0.15) is 28.9 Å². The molecule has 2 atom stereocenters. The molecular weight excluding hydrogens is 379 g/mol. The Morgan fingerprint density at radius 1 is 1.17 bits per heavy atom. The van der Waals surface area contributed by atoms with Gasteiger partial charge >= 0.3 is 0 Å². The summed E-state index contributed by atoms with van der Waals surface area (Å²) in [6.07, 6.45) is 2.43. The first kappa shape index (κ1) is 19.1. The number of halogens is 1. The van der Waals surface area contributed by atoms with Crippen LogP contribution in [0.3, 0.4) is 0 Å². The number of hydrogen-bond acceptors (Lipinski definition) is 3. The van der Waals surface area contributed by atoms with Gasteiger partial charge in [0.1, 0.15) is 11.5 Å². The number of aryl methyl sites for hydroxylation is 1. The number of hydrogen-bond donors (Lipinski definition) is 2. The number of rotatable bonds is 3. The molecule has 0 saturated carbocycles. The molecule has 3 aromatic rings. The van der Waals surface area contributed by atoms with Crippen LogP contribution < -0.4 is 10.2 Å². The molecule has 5 nitrogen and oxygen atoms in total. The molecule has 2 fully saturated rings. The largest absolute Gasteiger partial charge is 0.371 e. The maximum atomic E-state index is 14.1. The second-order valence-corrected chi connectivity index (χ2v) is 8.67. The lowest BCUT2D eigenvalue weighted by atomic mass is 9.92. The van der Waals surface area contributed by atoms with Crippen LogP contribution in [0.2, 0.25) is 0 Å². The molecule has 1 amide bonds. The van der Waals surface area contributed by atoms with Gasteiger partial charge in [-0.2, -0.15) is 0 Å². The average Bonchev–Trinajstić information content (AvgIpc) is 3.36. The molecule has 0 spiro atoms. The number of nitrogens with one attached hydrogen (secondary N) is 2. The minimum absolute atomic E-state index is 0.265. The molecule has 0 radical (unpaired) electrons. The highest BCUT2D eigenvalue weighted by atomic mass is 19.1. The third kappa shape index (κ3) is 3.35. The molecule has 1 aromatic heterocycles. The second kappa shape index (κ2) is 7.43. The van der Waals surface area contributed by atoms with E-state index in [1.54, 1.807) is 12.1 Å². The first-order valence-electron chi connectivity index (χ1n) is 10.6. The predicted molar refractivity (Wildman–Crippen MR) is 119 cm³/mol. The molecule has 6 heteroatoms. The molecule has 2 aliphatic rings. The fourth-order valence-electron chi connectivity index (χ4n) is 5.08. The molecule has 0 bridgehead atoms. The molecule has 3 heterocycles. The first-order valence-corrected chi connectivity index (χ1v) is 10.6. The number of likely N-dealkylation sites (tertiary alicyclic amines) is 1. The minimum atomic E-state index is -0.325. The van der Waals surface area contributed by atoms with Crippen LogP contribution in [0.15, 0.2) is 42.5 Å². The van der Waals surface area contributed by atoms with E-state index in [1.165, 1.54) is 25.5 Å². The zero-order valence-electron chi connectivity index (χ0n) is 17.4. The summed E-state index contributed by atoms with van der Waals surface area (Å²) < 4.78 is 14.1. The lowest BCUT2D eigenvalue weighted by molar-refractivity contribution is 0.102. The third-order valence-electron chi connectivity index (χ3n) is 6.78. The van der Waals surface area contributed by atoms with Crippen LogP contribution in [0.5, 0.6) is 0 Å². The van der Waals surface area contributed by atoms with Crippen molar-refractivity contribution in [3.63, 3.8) is 0 Å². The number of amides is 1. The fourth-order valence-corrected chi connectivity index (χ4v) is 5.08. The Morgan fingerprint density at radius 2 is 2.03 bits per heavy atom. The number of carbonyl (C=O) groups excluding carboxylic acids is 1. The topological polar surface area (TPSA) is 51.4 Å². The van der Waals surface area contributed by atoms with Crippen molar-refractivity contribution < 1.29 is 9.18 Å². The van der Waals surface area contributed by atoms with Crippen LogP contribution in [-0.2, 0) is 0 Å². The summed E-state index contributed by atoms with van der Waals surface area (Å²) in [5.41, 5.74) is 3.82. The van der Waals surface area contributed by atoms with Crippen molar-refractivity contribution in [1.29, 1.82) is 0 Å². The van der Waals surface area contributed by atoms with E-state index in [0.29, 0.717) is 28.6 Å². The Labute approximate surface area is 175 Å². The Kier molecular flexibility index (Phi) is 4.74. The highest BCUT2D eigenvalue weighted by molar-refractivity contribution is 6.06. The first-order chi connectivity index (χ1) is 14.5. The fraction of sp³-hybridized carbons (Fsp3) is 0.375. The highest BCUT2D eigenvalue weighted by Gasteiger charge is 2.36. The van der Waals surface area contributed by atoms with Crippen molar-refractivity contribution in [3.8, 4) is 0 Å². The van der Waals surface area contributed by atoms with Crippen LogP contribution >= 0.6 is 0 Å². The summed E-state index contributed by atoms with van der Waals surface area (Å²) in [7, 11) is 2.23. The average molecular weight is 407 g/mol. The highest BCUT2D eigenvalue weighted by Crippen LogP contribution is 2.33. The van der Waals surface area contributed by atoms with Crippen molar-refractivity contribution >= 4 is 28.2 Å². The predicted octanol–water partition coefficient (Wildman–Crippen LogP) is 4.40. The monoisotopic (exact) mass is 406 g/mol. The molecule has 2 N–H and O–H groups in total. The summed E-state index contributed by atoms with van der Waals surface area (Å²) in [5.74, 6) is 0.124. The Balaban J connectivity index is 1.33. The molecule has 2 aromatic carbocycles. The van der Waals surface area contributed by atoms with Gasteiger partial charge in [-0.3, -0.25) is 4.79 Å². The zero-order chi connectivity index (χ0) is 20.8. The van der Waals surface area contributed by atoms with Crippen LogP contribution in [0, 0.1) is 18.7 Å². The van der Waals surface area contributed by atoms with E-state index in [0.717, 1.165) is 30.0 Å². The van der Waals surface area contributed by atoms with Crippen molar-refractivity contribution in [2.24, 2.45) is 5.92 Å². The maximum Gasteiger partial charge on any atom is 0.272 e. The quantitative estimate of drug-likeness (QED) is 0.678. The lowest BCUT2D eigenvalue weighted by Gasteiger charge is -2.38. The van der Waals surface area contributed by atoms with Gasteiger partial charge in [-0.1, -0.05) is 12.1 Å². The number of carbonyl (C=O) groups is 1. The smallest absolute Gasteiger partial charge is 0.272 e. The van der Waals surface area contributed by atoms with Crippen molar-refractivity contribution in [2.45, 2.75) is 25.8 Å². The molecule has 2 aliphatic heterocycles. The van der Waals surface area contributed by atoms with Crippen molar-refractivity contribution in [3.05, 3.63) is 59.5 Å². The maximum absolute atomic E-state index is 14.1. The third-order valence-corrected chi connectivity index (χ3v) is 6.78. The van der Waals surface area contributed by atoms with Gasteiger partial charge in [-0.25, -0.2) is 4.39 Å². The zero-order valence-corrected chi connectivity index (χ0v) is 17.4. The Hall–Kier alpha value is -2.86. The number of aromatic amines is 1. The number of anilines is 2. The number of nitrogens with zero attached hydrogens (tertiary/aromatic N) is 2. The summed E-state index contributed by atoms with van der Waals surface area (Å²) >= 11 is 0. The van der Waals surface area contributed by atoms with Crippen LogP contribution in [0.25, 0.3) is 10.9 Å². The summed E-state index contributed by atoms with van der Waals surface area (Å²) in [6.45, 7) is 5.18. The Bertz CT molecular complexity index is 1070. The molecule has 5 rings (SSSR count). The van der Waals surface area contributed by atoms with Gasteiger partial charge in [-0.15, -0.1) is 0 Å². The van der Waals surface area contributed by atoms with E-state index in [-0.39, 0.29) is 11.7 Å². The molecule has 0 aliphatic carbocycles. The molecular formula is C24H27FN4O. The minimum Gasteiger partial charge on any atom is -0.371 e.